The largest absolute Gasteiger partial charge is 0.331 e. The van der Waals surface area contributed by atoms with Gasteiger partial charge in [0.1, 0.15) is 0 Å². The summed E-state index contributed by atoms with van der Waals surface area (Å²) in [6.45, 7) is 4.03. The van der Waals surface area contributed by atoms with E-state index in [-0.39, 0.29) is 11.4 Å². The summed E-state index contributed by atoms with van der Waals surface area (Å²) in [7, 11) is 3.66. The van der Waals surface area contributed by atoms with Crippen molar-refractivity contribution in [2.75, 3.05) is 27.2 Å². The first kappa shape index (κ1) is 18.0. The molecule has 27 heavy (non-hydrogen) atoms. The smallest absolute Gasteiger partial charge is 0.319 e. The summed E-state index contributed by atoms with van der Waals surface area (Å²) in [6, 6.07) is 13.3. The van der Waals surface area contributed by atoms with E-state index >= 15 is 0 Å². The maximum Gasteiger partial charge on any atom is 0.319 e. The molecule has 1 aliphatic heterocycles. The molecule has 1 fully saturated rings. The predicted molar refractivity (Wildman–Crippen MR) is 108 cm³/mol. The molecule has 1 aliphatic carbocycles. The van der Waals surface area contributed by atoms with Gasteiger partial charge in [-0.15, -0.1) is 0 Å². The van der Waals surface area contributed by atoms with Gasteiger partial charge in [-0.3, -0.25) is 4.98 Å². The maximum absolute atomic E-state index is 12.4. The first-order chi connectivity index (χ1) is 13.0. The lowest BCUT2D eigenvalue weighted by Gasteiger charge is -2.44. The highest BCUT2D eigenvalue weighted by Gasteiger charge is 2.44. The van der Waals surface area contributed by atoms with E-state index in [1.807, 2.05) is 25.2 Å². The Morgan fingerprint density at radius 1 is 1.07 bits per heavy atom. The van der Waals surface area contributed by atoms with Gasteiger partial charge in [-0.25, -0.2) is 4.79 Å². The van der Waals surface area contributed by atoms with Crippen LogP contribution in [-0.2, 0) is 18.3 Å². The molecule has 1 saturated heterocycles. The third kappa shape index (κ3) is 3.01. The summed E-state index contributed by atoms with van der Waals surface area (Å²) < 4.78 is 0. The molecule has 4 rings (SSSR count). The Balaban J connectivity index is 1.72. The van der Waals surface area contributed by atoms with Crippen molar-refractivity contribution in [3.05, 3.63) is 65.0 Å². The Morgan fingerprint density at radius 3 is 2.48 bits per heavy atom. The van der Waals surface area contributed by atoms with Crippen molar-refractivity contribution in [2.24, 2.45) is 5.92 Å². The highest BCUT2D eigenvalue weighted by molar-refractivity contribution is 5.73. The summed E-state index contributed by atoms with van der Waals surface area (Å²) in [5.74, 6) is 0.483. The van der Waals surface area contributed by atoms with Gasteiger partial charge >= 0.3 is 6.03 Å². The molecule has 1 aromatic heterocycles. The van der Waals surface area contributed by atoms with E-state index in [0.29, 0.717) is 5.92 Å². The fourth-order valence-electron chi connectivity index (χ4n) is 5.09. The minimum absolute atomic E-state index is 0.100. The van der Waals surface area contributed by atoms with Crippen LogP contribution in [0.3, 0.4) is 0 Å². The number of amides is 2. The highest BCUT2D eigenvalue weighted by Crippen LogP contribution is 2.47. The zero-order valence-electron chi connectivity index (χ0n) is 16.6. The van der Waals surface area contributed by atoms with Gasteiger partial charge in [-0.2, -0.15) is 0 Å². The van der Waals surface area contributed by atoms with E-state index in [2.05, 4.69) is 43.3 Å². The molecule has 0 radical (unpaired) electrons. The van der Waals surface area contributed by atoms with E-state index in [4.69, 9.17) is 4.98 Å². The van der Waals surface area contributed by atoms with Crippen LogP contribution >= 0.6 is 0 Å². The normalized spacial score (nSPS) is 22.6. The lowest BCUT2D eigenvalue weighted by molar-refractivity contribution is 0.131. The van der Waals surface area contributed by atoms with E-state index in [9.17, 15) is 4.79 Å². The SMILES string of the molecule is CN(C)C(=O)N1CCC(C2(C)c3ccccc3CCc3cccnc32)CC1. The average molecular weight is 364 g/mol. The van der Waals surface area contributed by atoms with Crippen LogP contribution < -0.4 is 0 Å². The number of carbonyl (C=O) groups excluding carboxylic acids is 1. The predicted octanol–water partition coefficient (Wildman–Crippen LogP) is 3.88. The molecule has 0 bridgehead atoms. The minimum Gasteiger partial charge on any atom is -0.331 e. The third-order valence-corrected chi connectivity index (χ3v) is 6.59. The number of likely N-dealkylation sites (tertiary alicyclic amines) is 1. The van der Waals surface area contributed by atoms with Crippen LogP contribution in [0.15, 0.2) is 42.6 Å². The molecule has 1 atom stereocenters. The molecule has 0 saturated carbocycles. The maximum atomic E-state index is 12.4. The van der Waals surface area contributed by atoms with E-state index in [0.717, 1.165) is 38.8 Å². The second-order valence-corrected chi connectivity index (χ2v) is 8.31. The molecule has 2 aromatic rings. The molecular formula is C23H29N3O. The number of hydrogen-bond donors (Lipinski definition) is 0. The molecular weight excluding hydrogens is 334 g/mol. The van der Waals surface area contributed by atoms with E-state index in [1.165, 1.54) is 22.4 Å². The molecule has 2 amide bonds. The summed E-state index contributed by atoms with van der Waals surface area (Å²) >= 11 is 0. The number of aryl methyl sites for hydroxylation is 2. The van der Waals surface area contributed by atoms with Gasteiger partial charge in [-0.05, 0) is 61.3 Å². The van der Waals surface area contributed by atoms with Crippen LogP contribution in [0.4, 0.5) is 4.79 Å². The van der Waals surface area contributed by atoms with E-state index in [1.54, 1.807) is 4.90 Å². The molecule has 142 valence electrons. The van der Waals surface area contributed by atoms with Gasteiger partial charge in [0.2, 0.25) is 0 Å². The van der Waals surface area contributed by atoms with Crippen LogP contribution in [-0.4, -0.2) is 48.0 Å². The molecule has 4 heteroatoms. The van der Waals surface area contributed by atoms with Gasteiger partial charge in [0.05, 0.1) is 5.69 Å². The first-order valence-electron chi connectivity index (χ1n) is 10.0. The minimum atomic E-state index is -0.100. The second-order valence-electron chi connectivity index (χ2n) is 8.31. The number of fused-ring (bicyclic) bond motifs is 2. The Morgan fingerprint density at radius 2 is 1.74 bits per heavy atom. The average Bonchev–Trinajstić information content (AvgIpc) is 2.84. The van der Waals surface area contributed by atoms with Gasteiger partial charge < -0.3 is 9.80 Å². The number of rotatable bonds is 1. The van der Waals surface area contributed by atoms with Crippen molar-refractivity contribution in [3.8, 4) is 0 Å². The Bertz CT molecular complexity index is 790. The number of nitrogens with zero attached hydrogens (tertiary/aromatic N) is 3. The standard InChI is InChI=1S/C23H29N3O/c1-23(19-12-15-26(16-13-19)22(27)25(2)3)20-9-5-4-7-17(20)10-11-18-8-6-14-24-21(18)23/h4-9,14,19H,10-13,15-16H2,1-3H3. The zero-order chi connectivity index (χ0) is 19.0. The fourth-order valence-corrected chi connectivity index (χ4v) is 5.09. The van der Waals surface area contributed by atoms with Crippen LogP contribution in [0.5, 0.6) is 0 Å². The van der Waals surface area contributed by atoms with Crippen molar-refractivity contribution < 1.29 is 4.79 Å². The molecule has 0 spiro atoms. The second kappa shape index (κ2) is 6.99. The van der Waals surface area contributed by atoms with Crippen LogP contribution in [0.2, 0.25) is 0 Å². The van der Waals surface area contributed by atoms with E-state index < -0.39 is 0 Å². The van der Waals surface area contributed by atoms with Crippen molar-refractivity contribution in [1.29, 1.82) is 0 Å². The summed E-state index contributed by atoms with van der Waals surface area (Å²) in [4.78, 5) is 20.9. The topological polar surface area (TPSA) is 36.4 Å². The van der Waals surface area contributed by atoms with Crippen molar-refractivity contribution in [2.45, 2.75) is 38.0 Å². The lowest BCUT2D eigenvalue weighted by Crippen LogP contribution is -2.48. The molecule has 1 aromatic carbocycles. The summed E-state index contributed by atoms with van der Waals surface area (Å²) in [5.41, 5.74) is 5.40. The van der Waals surface area contributed by atoms with Crippen molar-refractivity contribution in [3.63, 3.8) is 0 Å². The molecule has 2 heterocycles. The van der Waals surface area contributed by atoms with Crippen LogP contribution in [0.1, 0.15) is 42.1 Å². The summed E-state index contributed by atoms with van der Waals surface area (Å²) in [5, 5.41) is 0. The number of urea groups is 1. The molecule has 2 aliphatic rings. The number of piperidine rings is 1. The van der Waals surface area contributed by atoms with Gasteiger partial charge in [0.15, 0.2) is 0 Å². The number of benzene rings is 1. The zero-order valence-corrected chi connectivity index (χ0v) is 16.6. The third-order valence-electron chi connectivity index (χ3n) is 6.59. The van der Waals surface area contributed by atoms with Gasteiger partial charge in [-0.1, -0.05) is 30.3 Å². The number of carbonyl (C=O) groups is 1. The first-order valence-corrected chi connectivity index (χ1v) is 10.0. The van der Waals surface area contributed by atoms with Crippen molar-refractivity contribution >= 4 is 6.03 Å². The number of hydrogen-bond acceptors (Lipinski definition) is 2. The monoisotopic (exact) mass is 363 g/mol. The Hall–Kier alpha value is -2.36. The highest BCUT2D eigenvalue weighted by atomic mass is 16.2. The van der Waals surface area contributed by atoms with Crippen molar-refractivity contribution in [1.82, 2.24) is 14.8 Å². The Kier molecular flexibility index (Phi) is 4.67. The Labute approximate surface area is 162 Å². The van der Waals surface area contributed by atoms with Crippen LogP contribution in [0, 0.1) is 5.92 Å². The molecule has 4 nitrogen and oxygen atoms in total. The number of aromatic nitrogens is 1. The quantitative estimate of drug-likeness (QED) is 0.771. The van der Waals surface area contributed by atoms with Crippen LogP contribution in [0.25, 0.3) is 0 Å². The fraction of sp³-hybridized carbons (Fsp3) is 0.478. The molecule has 0 N–H and O–H groups in total. The summed E-state index contributed by atoms with van der Waals surface area (Å²) in [6.07, 6.45) is 6.09. The van der Waals surface area contributed by atoms with Gasteiger partial charge in [0.25, 0.3) is 0 Å². The molecule has 1 unspecified atom stereocenters. The lowest BCUT2D eigenvalue weighted by atomic mass is 9.64. The van der Waals surface area contributed by atoms with Gasteiger partial charge in [0, 0.05) is 38.8 Å². The number of pyridine rings is 1.